The van der Waals surface area contributed by atoms with E-state index in [1.807, 2.05) is 6.07 Å². The number of aromatic nitrogens is 3. The molecule has 23 heavy (non-hydrogen) atoms. The van der Waals surface area contributed by atoms with Gasteiger partial charge in [0.1, 0.15) is 5.65 Å². The molecule has 0 atom stereocenters. The van der Waals surface area contributed by atoms with Crippen LogP contribution in [0.15, 0.2) is 39.9 Å². The van der Waals surface area contributed by atoms with Crippen molar-refractivity contribution in [3.63, 3.8) is 0 Å². The smallest absolute Gasteiger partial charge is 0.339 e. The first-order valence-electron chi connectivity index (χ1n) is 7.14. The summed E-state index contributed by atoms with van der Waals surface area (Å²) in [5.74, 6) is -0.683. The molecule has 7 heteroatoms. The zero-order valence-electron chi connectivity index (χ0n) is 12.7. The Morgan fingerprint density at radius 2 is 1.91 bits per heavy atom. The monoisotopic (exact) mass is 313 g/mol. The van der Waals surface area contributed by atoms with Gasteiger partial charge in [0.15, 0.2) is 0 Å². The first-order valence-corrected chi connectivity index (χ1v) is 7.14. The van der Waals surface area contributed by atoms with Crippen molar-refractivity contribution in [3.05, 3.63) is 62.2 Å². The van der Waals surface area contributed by atoms with E-state index in [-0.39, 0.29) is 28.8 Å². The summed E-state index contributed by atoms with van der Waals surface area (Å²) in [6, 6.07) is 8.88. The first-order chi connectivity index (χ1) is 11.0. The Kier molecular flexibility index (Phi) is 3.61. The van der Waals surface area contributed by atoms with Gasteiger partial charge in [-0.25, -0.2) is 9.48 Å². The van der Waals surface area contributed by atoms with Crippen molar-refractivity contribution in [1.82, 2.24) is 14.8 Å². The van der Waals surface area contributed by atoms with Gasteiger partial charge in [0, 0.05) is 5.56 Å². The molecule has 1 aromatic carbocycles. The lowest BCUT2D eigenvalue weighted by atomic mass is 10.1. The summed E-state index contributed by atoms with van der Waals surface area (Å²) in [7, 11) is 0. The van der Waals surface area contributed by atoms with Gasteiger partial charge in [0.2, 0.25) is 0 Å². The number of esters is 1. The number of hydrogen-bond donors (Lipinski definition) is 2. The van der Waals surface area contributed by atoms with Gasteiger partial charge in [-0.15, -0.1) is 0 Å². The van der Waals surface area contributed by atoms with Crippen LogP contribution in [-0.2, 0) is 4.74 Å². The van der Waals surface area contributed by atoms with Crippen molar-refractivity contribution in [2.75, 3.05) is 6.61 Å². The first kappa shape index (κ1) is 14.8. The maximum atomic E-state index is 12.7. The van der Waals surface area contributed by atoms with Gasteiger partial charge in [0.25, 0.3) is 11.1 Å². The summed E-state index contributed by atoms with van der Waals surface area (Å²) in [4.78, 5) is 39.5. The summed E-state index contributed by atoms with van der Waals surface area (Å²) in [6.45, 7) is 3.31. The highest BCUT2D eigenvalue weighted by atomic mass is 16.5. The van der Waals surface area contributed by atoms with Gasteiger partial charge in [0.05, 0.1) is 23.2 Å². The minimum Gasteiger partial charge on any atom is -0.462 e. The Hall–Kier alpha value is -3.09. The minimum absolute atomic E-state index is 0.00142. The number of hydrogen-bond acceptors (Lipinski definition) is 4. The highest BCUT2D eigenvalue weighted by Gasteiger charge is 2.22. The molecule has 0 saturated carbocycles. The van der Waals surface area contributed by atoms with Crippen LogP contribution in [-0.4, -0.2) is 27.3 Å². The third-order valence-corrected chi connectivity index (χ3v) is 3.59. The number of para-hydroxylation sites is 1. The average Bonchev–Trinajstić information content (AvgIpc) is 2.86. The van der Waals surface area contributed by atoms with Crippen molar-refractivity contribution in [2.45, 2.75) is 13.8 Å². The Balaban J connectivity index is 2.37. The molecule has 3 aromatic rings. The number of benzene rings is 1. The average molecular weight is 313 g/mol. The number of nitrogens with zero attached hydrogens (tertiary/aromatic N) is 1. The molecule has 0 saturated heterocycles. The van der Waals surface area contributed by atoms with Crippen LogP contribution in [0.2, 0.25) is 0 Å². The lowest BCUT2D eigenvalue weighted by Crippen LogP contribution is -2.21. The second-order valence-corrected chi connectivity index (χ2v) is 5.01. The van der Waals surface area contributed by atoms with Crippen molar-refractivity contribution >= 4 is 17.0 Å². The molecule has 7 nitrogen and oxygen atoms in total. The fourth-order valence-electron chi connectivity index (χ4n) is 2.49. The van der Waals surface area contributed by atoms with E-state index in [4.69, 9.17) is 4.74 Å². The Morgan fingerprint density at radius 3 is 2.57 bits per heavy atom. The minimum atomic E-state index is -0.683. The number of carbonyl (C=O) groups is 1. The van der Waals surface area contributed by atoms with Crippen molar-refractivity contribution in [2.24, 2.45) is 0 Å². The van der Waals surface area contributed by atoms with E-state index in [9.17, 15) is 14.4 Å². The summed E-state index contributed by atoms with van der Waals surface area (Å²) < 4.78 is 6.27. The predicted octanol–water partition coefficient (Wildman–Crippen LogP) is 1.49. The Labute approximate surface area is 130 Å². The molecule has 0 fully saturated rings. The molecule has 0 aliphatic carbocycles. The number of pyridine rings is 1. The Morgan fingerprint density at radius 1 is 1.22 bits per heavy atom. The number of fused-ring (bicyclic) bond motifs is 1. The van der Waals surface area contributed by atoms with Crippen molar-refractivity contribution in [3.8, 4) is 5.69 Å². The number of aromatic amines is 2. The predicted molar refractivity (Wildman–Crippen MR) is 85.2 cm³/mol. The Bertz CT molecular complexity index is 996. The summed E-state index contributed by atoms with van der Waals surface area (Å²) in [5.41, 5.74) is 0.0870. The van der Waals surface area contributed by atoms with Crippen LogP contribution < -0.4 is 11.1 Å². The van der Waals surface area contributed by atoms with Gasteiger partial charge in [-0.1, -0.05) is 18.2 Å². The van der Waals surface area contributed by atoms with Crippen LogP contribution in [0.5, 0.6) is 0 Å². The van der Waals surface area contributed by atoms with Crippen LogP contribution in [0.1, 0.15) is 22.8 Å². The molecule has 118 valence electrons. The van der Waals surface area contributed by atoms with Crippen LogP contribution in [0.25, 0.3) is 16.7 Å². The van der Waals surface area contributed by atoms with Gasteiger partial charge in [-0.3, -0.25) is 14.7 Å². The van der Waals surface area contributed by atoms with Gasteiger partial charge < -0.3 is 9.72 Å². The maximum Gasteiger partial charge on any atom is 0.339 e. The topological polar surface area (TPSA) is 96.9 Å². The van der Waals surface area contributed by atoms with E-state index in [0.717, 1.165) is 0 Å². The summed E-state index contributed by atoms with van der Waals surface area (Å²) in [5, 5.41) is 2.94. The lowest BCUT2D eigenvalue weighted by Gasteiger charge is -2.04. The molecule has 0 amide bonds. The zero-order chi connectivity index (χ0) is 16.6. The summed E-state index contributed by atoms with van der Waals surface area (Å²) in [6.07, 6.45) is 0. The van der Waals surface area contributed by atoms with Gasteiger partial charge in [-0.2, -0.15) is 0 Å². The highest BCUT2D eigenvalue weighted by molar-refractivity contribution is 6.03. The SMILES string of the molecule is CCOC(=O)c1c(C)c(=O)[nH]c2[nH]n(-c3ccccc3)c(=O)c12. The van der Waals surface area contributed by atoms with E-state index in [0.29, 0.717) is 5.69 Å². The molecule has 0 spiro atoms. The number of H-pyrrole nitrogens is 2. The normalized spacial score (nSPS) is 10.9. The second kappa shape index (κ2) is 5.60. The van der Waals surface area contributed by atoms with E-state index < -0.39 is 17.1 Å². The standard InChI is InChI=1S/C16H15N3O4/c1-3-23-16(22)11-9(2)14(20)17-13-12(11)15(21)19(18-13)10-7-5-4-6-8-10/h4-8H,3H2,1-2H3,(H2,17,18,20). The molecule has 2 N–H and O–H groups in total. The van der Waals surface area contributed by atoms with Crippen LogP contribution in [0.3, 0.4) is 0 Å². The zero-order valence-corrected chi connectivity index (χ0v) is 12.7. The number of ether oxygens (including phenoxy) is 1. The van der Waals surface area contributed by atoms with Crippen LogP contribution >= 0.6 is 0 Å². The fourth-order valence-corrected chi connectivity index (χ4v) is 2.49. The number of nitrogens with one attached hydrogen (secondary N) is 2. The fraction of sp³-hybridized carbons (Fsp3) is 0.188. The second-order valence-electron chi connectivity index (χ2n) is 5.01. The number of carbonyl (C=O) groups excluding carboxylic acids is 1. The molecule has 3 rings (SSSR count). The van der Waals surface area contributed by atoms with E-state index in [1.165, 1.54) is 11.6 Å². The molecule has 2 heterocycles. The van der Waals surface area contributed by atoms with Gasteiger partial charge in [-0.05, 0) is 26.0 Å². The maximum absolute atomic E-state index is 12.7. The molecular weight excluding hydrogens is 298 g/mol. The third kappa shape index (κ3) is 2.36. The molecule has 0 bridgehead atoms. The molecule has 0 aliphatic rings. The summed E-state index contributed by atoms with van der Waals surface area (Å²) >= 11 is 0. The van der Waals surface area contributed by atoms with Gasteiger partial charge >= 0.3 is 5.97 Å². The molecule has 0 unspecified atom stereocenters. The molecule has 0 radical (unpaired) electrons. The third-order valence-electron chi connectivity index (χ3n) is 3.59. The van der Waals surface area contributed by atoms with Crippen LogP contribution in [0.4, 0.5) is 0 Å². The molecule has 0 aliphatic heterocycles. The van der Waals surface area contributed by atoms with Crippen molar-refractivity contribution in [1.29, 1.82) is 0 Å². The lowest BCUT2D eigenvalue weighted by molar-refractivity contribution is 0.0527. The quantitative estimate of drug-likeness (QED) is 0.716. The van der Waals surface area contributed by atoms with Crippen LogP contribution in [0, 0.1) is 6.92 Å². The van der Waals surface area contributed by atoms with E-state index >= 15 is 0 Å². The molecular formula is C16H15N3O4. The number of rotatable bonds is 3. The van der Waals surface area contributed by atoms with E-state index in [1.54, 1.807) is 31.2 Å². The highest BCUT2D eigenvalue weighted by Crippen LogP contribution is 2.16. The largest absolute Gasteiger partial charge is 0.462 e. The molecule has 2 aromatic heterocycles. The van der Waals surface area contributed by atoms with E-state index in [2.05, 4.69) is 10.1 Å². The van der Waals surface area contributed by atoms with Crippen molar-refractivity contribution < 1.29 is 9.53 Å².